The van der Waals surface area contributed by atoms with Crippen LogP contribution in [-0.2, 0) is 14.3 Å². The van der Waals surface area contributed by atoms with Gasteiger partial charge >= 0.3 is 0 Å². The normalized spacial score (nSPS) is 30.5. The van der Waals surface area contributed by atoms with Crippen LogP contribution < -0.4 is 0 Å². The van der Waals surface area contributed by atoms with Crippen molar-refractivity contribution in [2.45, 2.75) is 32.1 Å². The third kappa shape index (κ3) is 1.15. The standard InChI is InChI=1S/C11H16O3/c1-14-7-8-3-2-6-11(8)9(12)4-5-10(11)13/h8H,2-7H2,1H3. The number of carbonyl (C=O) groups excluding carboxylic acids is 2. The van der Waals surface area contributed by atoms with Crippen LogP contribution in [0.3, 0.4) is 0 Å². The van der Waals surface area contributed by atoms with Gasteiger partial charge in [-0.25, -0.2) is 0 Å². The lowest BCUT2D eigenvalue weighted by Gasteiger charge is -2.27. The molecular weight excluding hydrogens is 180 g/mol. The summed E-state index contributed by atoms with van der Waals surface area (Å²) in [5.41, 5.74) is -0.629. The van der Waals surface area contributed by atoms with Gasteiger partial charge in [0, 0.05) is 25.9 Å². The molecule has 0 radical (unpaired) electrons. The fourth-order valence-corrected chi connectivity index (χ4v) is 3.07. The van der Waals surface area contributed by atoms with E-state index >= 15 is 0 Å². The first kappa shape index (κ1) is 9.84. The monoisotopic (exact) mass is 196 g/mol. The highest BCUT2D eigenvalue weighted by Crippen LogP contribution is 2.49. The molecule has 2 rings (SSSR count). The van der Waals surface area contributed by atoms with E-state index in [9.17, 15) is 9.59 Å². The molecule has 3 heteroatoms. The minimum absolute atomic E-state index is 0.148. The number of Topliss-reactive ketones (excluding diaryl/α,β-unsaturated/α-hetero) is 2. The third-order valence-electron chi connectivity index (χ3n) is 3.76. The van der Waals surface area contributed by atoms with Gasteiger partial charge in [-0.2, -0.15) is 0 Å². The molecular formula is C11H16O3. The molecule has 2 aliphatic rings. The summed E-state index contributed by atoms with van der Waals surface area (Å²) in [6.07, 6.45) is 3.63. The predicted molar refractivity (Wildman–Crippen MR) is 50.9 cm³/mol. The van der Waals surface area contributed by atoms with Crippen LogP contribution in [0.4, 0.5) is 0 Å². The second kappa shape index (κ2) is 3.46. The lowest BCUT2D eigenvalue weighted by molar-refractivity contribution is -0.138. The maximum Gasteiger partial charge on any atom is 0.147 e. The van der Waals surface area contributed by atoms with Crippen LogP contribution >= 0.6 is 0 Å². The molecule has 1 atom stereocenters. The molecule has 2 fully saturated rings. The van der Waals surface area contributed by atoms with E-state index in [0.717, 1.165) is 19.3 Å². The summed E-state index contributed by atoms with van der Waals surface area (Å²) in [6, 6.07) is 0. The SMILES string of the molecule is COCC1CCCC12C(=O)CCC2=O. The molecule has 0 aliphatic heterocycles. The number of hydrogen-bond donors (Lipinski definition) is 0. The van der Waals surface area contributed by atoms with Crippen LogP contribution in [0.2, 0.25) is 0 Å². The van der Waals surface area contributed by atoms with Crippen molar-refractivity contribution in [3.05, 3.63) is 0 Å². The fourth-order valence-electron chi connectivity index (χ4n) is 3.07. The van der Waals surface area contributed by atoms with E-state index in [2.05, 4.69) is 0 Å². The first-order chi connectivity index (χ1) is 6.71. The lowest BCUT2D eigenvalue weighted by atomic mass is 9.75. The van der Waals surface area contributed by atoms with Gasteiger partial charge in [0.2, 0.25) is 0 Å². The molecule has 14 heavy (non-hydrogen) atoms. The summed E-state index contributed by atoms with van der Waals surface area (Å²) in [5.74, 6) is 0.485. The van der Waals surface area contributed by atoms with E-state index in [1.54, 1.807) is 7.11 Å². The third-order valence-corrected chi connectivity index (χ3v) is 3.76. The Hall–Kier alpha value is -0.700. The van der Waals surface area contributed by atoms with Crippen LogP contribution in [0.1, 0.15) is 32.1 Å². The van der Waals surface area contributed by atoms with E-state index < -0.39 is 5.41 Å². The van der Waals surface area contributed by atoms with Crippen molar-refractivity contribution >= 4 is 11.6 Å². The van der Waals surface area contributed by atoms with Crippen molar-refractivity contribution < 1.29 is 14.3 Å². The van der Waals surface area contributed by atoms with Gasteiger partial charge in [-0.1, -0.05) is 6.42 Å². The number of ketones is 2. The Morgan fingerprint density at radius 1 is 1.36 bits per heavy atom. The molecule has 3 nitrogen and oxygen atoms in total. The summed E-state index contributed by atoms with van der Waals surface area (Å²) in [5, 5.41) is 0. The smallest absolute Gasteiger partial charge is 0.147 e. The summed E-state index contributed by atoms with van der Waals surface area (Å²) in [4.78, 5) is 23.6. The van der Waals surface area contributed by atoms with E-state index in [4.69, 9.17) is 4.74 Å². The Morgan fingerprint density at radius 3 is 2.57 bits per heavy atom. The van der Waals surface area contributed by atoms with Gasteiger partial charge in [-0.05, 0) is 12.8 Å². The molecule has 0 bridgehead atoms. The van der Waals surface area contributed by atoms with E-state index in [1.807, 2.05) is 0 Å². The van der Waals surface area contributed by atoms with Gasteiger partial charge in [-0.15, -0.1) is 0 Å². The summed E-state index contributed by atoms with van der Waals surface area (Å²) in [7, 11) is 1.63. The molecule has 1 spiro atoms. The highest BCUT2D eigenvalue weighted by Gasteiger charge is 2.56. The Labute approximate surface area is 83.8 Å². The number of rotatable bonds is 2. The molecule has 0 aromatic rings. The van der Waals surface area contributed by atoms with Gasteiger partial charge in [0.05, 0.1) is 12.0 Å². The fraction of sp³-hybridized carbons (Fsp3) is 0.818. The second-order valence-electron chi connectivity index (χ2n) is 4.36. The summed E-state index contributed by atoms with van der Waals surface area (Å²) in [6.45, 7) is 0.553. The van der Waals surface area contributed by atoms with Crippen molar-refractivity contribution in [1.29, 1.82) is 0 Å². The van der Waals surface area contributed by atoms with Crippen LogP contribution in [0.15, 0.2) is 0 Å². The Morgan fingerprint density at radius 2 is 2.00 bits per heavy atom. The van der Waals surface area contributed by atoms with E-state index in [1.165, 1.54) is 0 Å². The molecule has 0 amide bonds. The maximum absolute atomic E-state index is 11.8. The van der Waals surface area contributed by atoms with Crippen LogP contribution in [-0.4, -0.2) is 25.3 Å². The zero-order valence-electron chi connectivity index (χ0n) is 8.54. The summed E-state index contributed by atoms with van der Waals surface area (Å²) < 4.78 is 5.10. The quantitative estimate of drug-likeness (QED) is 0.626. The molecule has 2 aliphatic carbocycles. The molecule has 0 heterocycles. The van der Waals surface area contributed by atoms with Gasteiger partial charge < -0.3 is 4.74 Å². The van der Waals surface area contributed by atoms with E-state index in [0.29, 0.717) is 19.4 Å². The zero-order valence-corrected chi connectivity index (χ0v) is 8.54. The second-order valence-corrected chi connectivity index (χ2v) is 4.36. The number of methoxy groups -OCH3 is 1. The minimum Gasteiger partial charge on any atom is -0.384 e. The van der Waals surface area contributed by atoms with Crippen LogP contribution in [0.5, 0.6) is 0 Å². The lowest BCUT2D eigenvalue weighted by Crippen LogP contribution is -2.38. The molecule has 1 unspecified atom stereocenters. The molecule has 2 saturated carbocycles. The van der Waals surface area contributed by atoms with Gasteiger partial charge in [-0.3, -0.25) is 9.59 Å². The molecule has 78 valence electrons. The van der Waals surface area contributed by atoms with Crippen molar-refractivity contribution in [3.8, 4) is 0 Å². The highest BCUT2D eigenvalue weighted by molar-refractivity contribution is 6.13. The molecule has 0 aromatic carbocycles. The first-order valence-corrected chi connectivity index (χ1v) is 5.27. The Balaban J connectivity index is 2.27. The maximum atomic E-state index is 11.8. The first-order valence-electron chi connectivity index (χ1n) is 5.27. The number of hydrogen-bond acceptors (Lipinski definition) is 3. The van der Waals surface area contributed by atoms with Crippen molar-refractivity contribution in [2.75, 3.05) is 13.7 Å². The predicted octanol–water partition coefficient (Wildman–Crippen LogP) is 1.35. The van der Waals surface area contributed by atoms with Gasteiger partial charge in [0.15, 0.2) is 0 Å². The average molecular weight is 196 g/mol. The average Bonchev–Trinajstić information content (AvgIpc) is 2.69. The summed E-state index contributed by atoms with van der Waals surface area (Å²) >= 11 is 0. The molecule has 0 N–H and O–H groups in total. The molecule has 0 saturated heterocycles. The zero-order chi connectivity index (χ0) is 10.2. The van der Waals surface area contributed by atoms with Gasteiger partial charge in [0.25, 0.3) is 0 Å². The molecule has 0 aromatic heterocycles. The van der Waals surface area contributed by atoms with Crippen molar-refractivity contribution in [3.63, 3.8) is 0 Å². The largest absolute Gasteiger partial charge is 0.384 e. The van der Waals surface area contributed by atoms with Crippen LogP contribution in [0.25, 0.3) is 0 Å². The van der Waals surface area contributed by atoms with Crippen molar-refractivity contribution in [1.82, 2.24) is 0 Å². The Kier molecular flexibility index (Phi) is 2.43. The topological polar surface area (TPSA) is 43.4 Å². The minimum atomic E-state index is -0.629. The van der Waals surface area contributed by atoms with Gasteiger partial charge in [0.1, 0.15) is 11.6 Å². The highest BCUT2D eigenvalue weighted by atomic mass is 16.5. The van der Waals surface area contributed by atoms with Crippen molar-refractivity contribution in [2.24, 2.45) is 11.3 Å². The van der Waals surface area contributed by atoms with E-state index in [-0.39, 0.29) is 17.5 Å². The van der Waals surface area contributed by atoms with Crippen LogP contribution in [0, 0.1) is 11.3 Å². The number of carbonyl (C=O) groups is 2. The number of ether oxygens (including phenoxy) is 1. The Bertz CT molecular complexity index is 254.